The number of carbonyl (C=O) groups is 2. The van der Waals surface area contributed by atoms with Gasteiger partial charge in [0.25, 0.3) is 10.0 Å². The molecular weight excluding hydrogens is 578 g/mol. The molecule has 10 heteroatoms. The number of amides is 2. The summed E-state index contributed by atoms with van der Waals surface area (Å²) in [4.78, 5) is 28.3. The zero-order valence-corrected chi connectivity index (χ0v) is 23.8. The van der Waals surface area contributed by atoms with Crippen molar-refractivity contribution in [1.29, 1.82) is 0 Å². The van der Waals surface area contributed by atoms with Crippen molar-refractivity contribution in [3.8, 4) is 0 Å². The quantitative estimate of drug-likeness (QED) is 0.323. The van der Waals surface area contributed by atoms with E-state index in [4.69, 9.17) is 11.6 Å². The van der Waals surface area contributed by atoms with Crippen LogP contribution in [0.25, 0.3) is 0 Å². The Balaban J connectivity index is 2.04. The van der Waals surface area contributed by atoms with E-state index in [9.17, 15) is 18.0 Å². The van der Waals surface area contributed by atoms with E-state index < -0.39 is 28.5 Å². The Morgan fingerprint density at radius 3 is 2.24 bits per heavy atom. The number of sulfonamides is 1. The number of benzene rings is 3. The Labute approximate surface area is 231 Å². The van der Waals surface area contributed by atoms with E-state index in [2.05, 4.69) is 21.2 Å². The molecule has 0 saturated carbocycles. The topological polar surface area (TPSA) is 86.8 Å². The predicted molar refractivity (Wildman–Crippen MR) is 150 cm³/mol. The molecule has 2 amide bonds. The van der Waals surface area contributed by atoms with Gasteiger partial charge in [0.05, 0.1) is 10.6 Å². The molecular formula is C27H29BrClN3O4S. The Hall–Kier alpha value is -2.88. The minimum atomic E-state index is -4.09. The van der Waals surface area contributed by atoms with Crippen LogP contribution in [0.2, 0.25) is 5.02 Å². The van der Waals surface area contributed by atoms with Crippen LogP contribution in [0.5, 0.6) is 0 Å². The summed E-state index contributed by atoms with van der Waals surface area (Å²) in [6, 6.07) is 20.9. The van der Waals surface area contributed by atoms with Crippen LogP contribution in [-0.2, 0) is 26.2 Å². The molecule has 0 aliphatic rings. The van der Waals surface area contributed by atoms with Crippen LogP contribution in [0.1, 0.15) is 25.8 Å². The molecule has 37 heavy (non-hydrogen) atoms. The van der Waals surface area contributed by atoms with Crippen molar-refractivity contribution in [1.82, 2.24) is 10.2 Å². The monoisotopic (exact) mass is 605 g/mol. The number of nitrogens with one attached hydrogen (secondary N) is 1. The van der Waals surface area contributed by atoms with Gasteiger partial charge in [0.2, 0.25) is 11.8 Å². The van der Waals surface area contributed by atoms with Gasteiger partial charge >= 0.3 is 0 Å². The van der Waals surface area contributed by atoms with E-state index in [1.807, 2.05) is 6.92 Å². The number of carbonyl (C=O) groups excluding carboxylic acids is 2. The third-order valence-corrected chi connectivity index (χ3v) is 8.24. The molecule has 0 aliphatic heterocycles. The minimum Gasteiger partial charge on any atom is -0.355 e. The first kappa shape index (κ1) is 28.7. The van der Waals surface area contributed by atoms with Crippen molar-refractivity contribution in [2.75, 3.05) is 17.4 Å². The lowest BCUT2D eigenvalue weighted by Gasteiger charge is -2.33. The molecule has 7 nitrogen and oxygen atoms in total. The SMILES string of the molecule is CCNC(=O)[C@H](CC)N(Cc1ccc(Cl)cc1)C(=O)CN(c1cccc(Br)c1)S(=O)(=O)c1ccccc1. The van der Waals surface area contributed by atoms with Crippen molar-refractivity contribution in [2.45, 2.75) is 37.8 Å². The number of hydrogen-bond donors (Lipinski definition) is 1. The van der Waals surface area contributed by atoms with Gasteiger partial charge in [-0.15, -0.1) is 0 Å². The number of anilines is 1. The first-order valence-electron chi connectivity index (χ1n) is 11.8. The highest BCUT2D eigenvalue weighted by atomic mass is 79.9. The lowest BCUT2D eigenvalue weighted by molar-refractivity contribution is -0.140. The maximum absolute atomic E-state index is 13.9. The maximum atomic E-state index is 13.9. The zero-order chi connectivity index (χ0) is 27.0. The first-order valence-corrected chi connectivity index (χ1v) is 14.4. The summed E-state index contributed by atoms with van der Waals surface area (Å²) in [5.74, 6) is -0.806. The molecule has 3 aromatic carbocycles. The molecule has 1 N–H and O–H groups in total. The summed E-state index contributed by atoms with van der Waals surface area (Å²) in [5, 5.41) is 3.33. The highest BCUT2D eigenvalue weighted by molar-refractivity contribution is 9.10. The number of hydrogen-bond acceptors (Lipinski definition) is 4. The second kappa shape index (κ2) is 13.1. The summed E-state index contributed by atoms with van der Waals surface area (Å²) >= 11 is 9.42. The molecule has 0 aromatic heterocycles. The summed E-state index contributed by atoms with van der Waals surface area (Å²) in [6.07, 6.45) is 0.355. The molecule has 0 unspecified atom stereocenters. The highest BCUT2D eigenvalue weighted by Gasteiger charge is 2.33. The Kier molecular flexibility index (Phi) is 10.1. The van der Waals surface area contributed by atoms with Crippen molar-refractivity contribution >= 4 is 55.1 Å². The van der Waals surface area contributed by atoms with Gasteiger partial charge in [0.15, 0.2) is 0 Å². The standard InChI is InChI=1S/C27H29BrClN3O4S/c1-3-25(27(34)30-4-2)31(18-20-13-15-22(29)16-14-20)26(33)19-32(23-10-8-9-21(28)17-23)37(35,36)24-11-6-5-7-12-24/h5-17,25H,3-4,18-19H2,1-2H3,(H,30,34)/t25-/m0/s1. The second-order valence-corrected chi connectivity index (χ2v) is 11.5. The van der Waals surface area contributed by atoms with Gasteiger partial charge in [0, 0.05) is 22.6 Å². The smallest absolute Gasteiger partial charge is 0.264 e. The van der Waals surface area contributed by atoms with Gasteiger partial charge in [-0.3, -0.25) is 13.9 Å². The maximum Gasteiger partial charge on any atom is 0.264 e. The molecule has 0 fully saturated rings. The Morgan fingerprint density at radius 2 is 1.65 bits per heavy atom. The third kappa shape index (κ3) is 7.34. The van der Waals surface area contributed by atoms with E-state index >= 15 is 0 Å². The molecule has 196 valence electrons. The molecule has 0 radical (unpaired) electrons. The fourth-order valence-corrected chi connectivity index (χ4v) is 5.82. The largest absolute Gasteiger partial charge is 0.355 e. The van der Waals surface area contributed by atoms with E-state index in [0.717, 1.165) is 9.87 Å². The van der Waals surface area contributed by atoms with E-state index in [-0.39, 0.29) is 17.3 Å². The van der Waals surface area contributed by atoms with Crippen molar-refractivity contribution < 1.29 is 18.0 Å². The van der Waals surface area contributed by atoms with E-state index in [1.165, 1.54) is 17.0 Å². The Bertz CT molecular complexity index is 1320. The molecule has 3 rings (SSSR count). The Morgan fingerprint density at radius 1 is 0.973 bits per heavy atom. The van der Waals surface area contributed by atoms with Crippen LogP contribution in [0.3, 0.4) is 0 Å². The van der Waals surface area contributed by atoms with Crippen molar-refractivity contribution in [3.05, 3.63) is 93.9 Å². The van der Waals surface area contributed by atoms with Crippen LogP contribution >= 0.6 is 27.5 Å². The van der Waals surface area contributed by atoms with E-state index in [1.54, 1.807) is 73.7 Å². The van der Waals surface area contributed by atoms with Gasteiger partial charge in [-0.25, -0.2) is 8.42 Å². The second-order valence-electron chi connectivity index (χ2n) is 8.27. The number of nitrogens with zero attached hydrogens (tertiary/aromatic N) is 2. The van der Waals surface area contributed by atoms with Gasteiger partial charge in [-0.05, 0) is 61.4 Å². The number of halogens is 2. The van der Waals surface area contributed by atoms with Gasteiger partial charge in [-0.1, -0.05) is 70.9 Å². The van der Waals surface area contributed by atoms with Crippen LogP contribution in [0.15, 0.2) is 88.2 Å². The molecule has 0 aliphatic carbocycles. The molecule has 0 bridgehead atoms. The summed E-state index contributed by atoms with van der Waals surface area (Å²) in [7, 11) is -4.09. The third-order valence-electron chi connectivity index (χ3n) is 5.71. The summed E-state index contributed by atoms with van der Waals surface area (Å²) in [6.45, 7) is 3.65. The lowest BCUT2D eigenvalue weighted by atomic mass is 10.1. The molecule has 3 aromatic rings. The summed E-state index contributed by atoms with van der Waals surface area (Å²) < 4.78 is 29.2. The van der Waals surface area contributed by atoms with Crippen LogP contribution < -0.4 is 9.62 Å². The number of rotatable bonds is 11. The van der Waals surface area contributed by atoms with Crippen LogP contribution in [0, 0.1) is 0 Å². The summed E-state index contributed by atoms with van der Waals surface area (Å²) in [5.41, 5.74) is 1.09. The highest BCUT2D eigenvalue weighted by Crippen LogP contribution is 2.27. The molecule has 0 saturated heterocycles. The molecule has 0 heterocycles. The first-order chi connectivity index (χ1) is 17.7. The van der Waals surface area contributed by atoms with Crippen molar-refractivity contribution in [2.24, 2.45) is 0 Å². The average Bonchev–Trinajstić information content (AvgIpc) is 2.88. The van der Waals surface area contributed by atoms with Crippen molar-refractivity contribution in [3.63, 3.8) is 0 Å². The fraction of sp³-hybridized carbons (Fsp3) is 0.259. The lowest BCUT2D eigenvalue weighted by Crippen LogP contribution is -2.52. The van der Waals surface area contributed by atoms with Crippen LogP contribution in [0.4, 0.5) is 5.69 Å². The number of likely N-dealkylation sites (N-methyl/N-ethyl adjacent to an activating group) is 1. The van der Waals surface area contributed by atoms with Crippen LogP contribution in [-0.4, -0.2) is 44.3 Å². The molecule has 1 atom stereocenters. The van der Waals surface area contributed by atoms with Gasteiger partial charge in [-0.2, -0.15) is 0 Å². The zero-order valence-electron chi connectivity index (χ0n) is 20.6. The average molecular weight is 607 g/mol. The normalized spacial score (nSPS) is 12.0. The predicted octanol–water partition coefficient (Wildman–Crippen LogP) is 5.24. The minimum absolute atomic E-state index is 0.0581. The molecule has 0 spiro atoms. The fourth-order valence-electron chi connectivity index (χ4n) is 3.88. The van der Waals surface area contributed by atoms with E-state index in [0.29, 0.717) is 28.1 Å². The van der Waals surface area contributed by atoms with Gasteiger partial charge < -0.3 is 10.2 Å². The van der Waals surface area contributed by atoms with Gasteiger partial charge in [0.1, 0.15) is 12.6 Å².